The lowest BCUT2D eigenvalue weighted by atomic mass is 10.6. The molecule has 10 heavy (non-hydrogen) atoms. The number of hydrogen-bond donors (Lipinski definition) is 0. The highest BCUT2D eigenvalue weighted by Crippen LogP contribution is 2.35. The number of alkyl halides is 3. The summed E-state index contributed by atoms with van der Waals surface area (Å²) in [7, 11) is 0. The van der Waals surface area contributed by atoms with Gasteiger partial charge in [-0.15, -0.1) is 22.2 Å². The summed E-state index contributed by atoms with van der Waals surface area (Å²) in [6, 6.07) is 0.604. The van der Waals surface area contributed by atoms with Crippen molar-refractivity contribution in [1.29, 1.82) is 0 Å². The summed E-state index contributed by atoms with van der Waals surface area (Å²) in [5, 5.41) is 0. The number of rotatable bonds is 2. The van der Waals surface area contributed by atoms with Crippen LogP contribution in [0.5, 0.6) is 0 Å². The van der Waals surface area contributed by atoms with E-state index in [-0.39, 0.29) is 0 Å². The average molecular weight is 260 g/mol. The summed E-state index contributed by atoms with van der Waals surface area (Å²) in [4.78, 5) is 0. The van der Waals surface area contributed by atoms with Crippen molar-refractivity contribution in [3.8, 4) is 0 Å². The van der Waals surface area contributed by atoms with Crippen molar-refractivity contribution in [1.82, 2.24) is 0 Å². The first kappa shape index (κ1) is 11.7. The number of halogens is 5. The zero-order valence-corrected chi connectivity index (χ0v) is 10.1. The second-order valence-electron chi connectivity index (χ2n) is 2.19. The van der Waals surface area contributed by atoms with E-state index in [1.165, 1.54) is 0 Å². The van der Waals surface area contributed by atoms with Crippen LogP contribution in [0.25, 0.3) is 0 Å². The van der Waals surface area contributed by atoms with Crippen molar-refractivity contribution >= 4 is 63.7 Å². The Kier molecular flexibility index (Phi) is 4.74. The van der Waals surface area contributed by atoms with Crippen LogP contribution in [-0.2, 0) is 0 Å². The van der Waals surface area contributed by atoms with Gasteiger partial charge < -0.3 is 0 Å². The highest BCUT2D eigenvalue weighted by Gasteiger charge is 2.27. The maximum atomic E-state index is 5.77. The molecule has 0 aliphatic heterocycles. The van der Waals surface area contributed by atoms with Gasteiger partial charge in [-0.25, -0.2) is 0 Å². The largest absolute Gasteiger partial charge is 0.248 e. The van der Waals surface area contributed by atoms with E-state index < -0.39 is 10.5 Å². The van der Waals surface area contributed by atoms with Crippen LogP contribution in [0.1, 0.15) is 6.42 Å². The zero-order chi connectivity index (χ0) is 8.41. The molecule has 0 spiro atoms. The van der Waals surface area contributed by atoms with E-state index in [1.54, 1.807) is 6.55 Å². The Labute approximate surface area is 86.1 Å². The minimum Gasteiger partial charge on any atom is -0.146 e. The molecule has 0 heterocycles. The molecule has 0 amide bonds. The summed E-state index contributed by atoms with van der Waals surface area (Å²) in [6.45, 7) is -0.278. The van der Waals surface area contributed by atoms with Crippen LogP contribution in [0.2, 0.25) is 12.6 Å². The topological polar surface area (TPSA) is 0 Å². The molecule has 0 N–H and O–H groups in total. The maximum absolute atomic E-state index is 5.77. The molecular formula is C4H7Cl5Si. The van der Waals surface area contributed by atoms with Crippen molar-refractivity contribution in [2.45, 2.75) is 22.8 Å². The molecule has 0 nitrogen and oxygen atoms in total. The van der Waals surface area contributed by atoms with Gasteiger partial charge >= 0.3 is 0 Å². The van der Waals surface area contributed by atoms with E-state index in [0.717, 1.165) is 0 Å². The molecule has 0 aromatic rings. The summed E-state index contributed by atoms with van der Waals surface area (Å²) < 4.78 is -1.21. The second-order valence-corrected chi connectivity index (χ2v) is 12.9. The van der Waals surface area contributed by atoms with Gasteiger partial charge in [0.2, 0.25) is 6.69 Å². The Morgan fingerprint density at radius 1 is 1.20 bits per heavy atom. The lowest BCUT2D eigenvalue weighted by molar-refractivity contribution is 0.961. The first-order chi connectivity index (χ1) is 4.21. The van der Waals surface area contributed by atoms with Crippen molar-refractivity contribution < 1.29 is 0 Å². The second kappa shape index (κ2) is 4.06. The average Bonchev–Trinajstić information content (AvgIpc) is 1.57. The summed E-state index contributed by atoms with van der Waals surface area (Å²) in [5.41, 5.74) is 0. The molecule has 6 heteroatoms. The fourth-order valence-corrected chi connectivity index (χ4v) is 2.50. The molecule has 0 fully saturated rings. The van der Waals surface area contributed by atoms with Gasteiger partial charge in [-0.05, 0) is 19.0 Å². The fourth-order valence-electron chi connectivity index (χ4n) is 0.361. The van der Waals surface area contributed by atoms with Gasteiger partial charge in [0.25, 0.3) is 0 Å². The predicted molar refractivity (Wildman–Crippen MR) is 53.0 cm³/mol. The Morgan fingerprint density at radius 2 is 1.60 bits per heavy atom. The molecule has 0 unspecified atom stereocenters. The van der Waals surface area contributed by atoms with E-state index in [2.05, 4.69) is 0 Å². The molecular weight excluding hydrogens is 253 g/mol. The normalized spacial score (nSPS) is 13.8. The van der Waals surface area contributed by atoms with Crippen LogP contribution in [0.15, 0.2) is 0 Å². The molecule has 0 aromatic heterocycles. The Hall–Kier alpha value is 1.67. The van der Waals surface area contributed by atoms with Crippen LogP contribution in [0.4, 0.5) is 0 Å². The molecule has 0 aliphatic rings. The Balaban J connectivity index is 3.56. The van der Waals surface area contributed by atoms with Gasteiger partial charge in [-0.3, -0.25) is 0 Å². The van der Waals surface area contributed by atoms with Crippen LogP contribution in [0.3, 0.4) is 0 Å². The minimum atomic E-state index is -2.08. The van der Waals surface area contributed by atoms with Crippen LogP contribution in [-0.4, -0.2) is 10.5 Å². The van der Waals surface area contributed by atoms with Crippen molar-refractivity contribution in [2.75, 3.05) is 0 Å². The molecule has 0 aliphatic carbocycles. The third-order valence-corrected chi connectivity index (χ3v) is 3.68. The van der Waals surface area contributed by atoms with Gasteiger partial charge in [0.15, 0.2) is 3.79 Å². The summed E-state index contributed by atoms with van der Waals surface area (Å²) in [6.07, 6.45) is 0.424. The lowest BCUT2D eigenvalue weighted by Gasteiger charge is -2.14. The first-order valence-corrected chi connectivity index (χ1v) is 8.52. The van der Waals surface area contributed by atoms with Crippen LogP contribution < -0.4 is 0 Å². The lowest BCUT2D eigenvalue weighted by Crippen LogP contribution is -2.16. The Morgan fingerprint density at radius 3 is 1.70 bits per heavy atom. The minimum absolute atomic E-state index is 0.424. The highest BCUT2D eigenvalue weighted by atomic mass is 35.7. The SMILES string of the molecule is C[Si](Cl)(Cl)CCC(Cl)(Cl)Cl. The molecule has 62 valence electrons. The maximum Gasteiger partial charge on any atom is 0.248 e. The smallest absolute Gasteiger partial charge is 0.146 e. The van der Waals surface area contributed by atoms with Gasteiger partial charge in [0, 0.05) is 0 Å². The summed E-state index contributed by atoms with van der Waals surface area (Å²) >= 11 is 28.0. The molecule has 0 aromatic carbocycles. The van der Waals surface area contributed by atoms with Crippen LogP contribution in [0, 0.1) is 0 Å². The van der Waals surface area contributed by atoms with Crippen molar-refractivity contribution in [2.24, 2.45) is 0 Å². The predicted octanol–water partition coefficient (Wildman–Crippen LogP) is 4.30. The van der Waals surface area contributed by atoms with E-state index in [0.29, 0.717) is 12.5 Å². The van der Waals surface area contributed by atoms with Gasteiger partial charge in [-0.1, -0.05) is 34.8 Å². The monoisotopic (exact) mass is 258 g/mol. The molecule has 0 rings (SSSR count). The van der Waals surface area contributed by atoms with Crippen molar-refractivity contribution in [3.05, 3.63) is 0 Å². The standard InChI is InChI=1S/C4H7Cl5Si/c1-10(8,9)3-2-4(5,6)7/h2-3H2,1H3. The third-order valence-electron chi connectivity index (χ3n) is 0.847. The van der Waals surface area contributed by atoms with Gasteiger partial charge in [0.1, 0.15) is 0 Å². The van der Waals surface area contributed by atoms with E-state index >= 15 is 0 Å². The van der Waals surface area contributed by atoms with E-state index in [4.69, 9.17) is 57.0 Å². The van der Waals surface area contributed by atoms with E-state index in [1.807, 2.05) is 0 Å². The molecule has 0 radical (unpaired) electrons. The summed E-state index contributed by atoms with van der Waals surface area (Å²) in [5.74, 6) is 0. The molecule has 0 atom stereocenters. The fraction of sp³-hybridized carbons (Fsp3) is 1.00. The quantitative estimate of drug-likeness (QED) is 0.394. The first-order valence-electron chi connectivity index (χ1n) is 2.65. The molecule has 0 bridgehead atoms. The van der Waals surface area contributed by atoms with Gasteiger partial charge in [-0.2, -0.15) is 0 Å². The third kappa shape index (κ3) is 9.67. The zero-order valence-electron chi connectivity index (χ0n) is 5.30. The highest BCUT2D eigenvalue weighted by molar-refractivity contribution is 7.44. The molecule has 0 saturated heterocycles. The Bertz CT molecular complexity index is 87.2. The molecule has 0 saturated carbocycles. The van der Waals surface area contributed by atoms with Gasteiger partial charge in [0.05, 0.1) is 0 Å². The number of hydrogen-bond acceptors (Lipinski definition) is 0. The van der Waals surface area contributed by atoms with Crippen LogP contribution >= 0.6 is 57.0 Å². The van der Waals surface area contributed by atoms with Crippen molar-refractivity contribution in [3.63, 3.8) is 0 Å². The van der Waals surface area contributed by atoms with E-state index in [9.17, 15) is 0 Å².